The van der Waals surface area contributed by atoms with Gasteiger partial charge in [0.25, 0.3) is 5.91 Å². The van der Waals surface area contributed by atoms with Gasteiger partial charge in [-0.15, -0.1) is 5.10 Å². The van der Waals surface area contributed by atoms with Gasteiger partial charge in [0, 0.05) is 0 Å². The molecule has 1 saturated carbocycles. The molecule has 0 radical (unpaired) electrons. The van der Waals surface area contributed by atoms with Crippen molar-refractivity contribution >= 4 is 5.91 Å². The van der Waals surface area contributed by atoms with Crippen LogP contribution in [0.5, 0.6) is 5.75 Å². The Morgan fingerprint density at radius 1 is 1.15 bits per heavy atom. The number of benzene rings is 2. The van der Waals surface area contributed by atoms with E-state index in [1.807, 2.05) is 36.4 Å². The molecule has 0 bridgehead atoms. The summed E-state index contributed by atoms with van der Waals surface area (Å²) in [5, 5.41) is 11.3. The third kappa shape index (κ3) is 2.94. The van der Waals surface area contributed by atoms with E-state index in [9.17, 15) is 4.79 Å². The summed E-state index contributed by atoms with van der Waals surface area (Å²) in [6.07, 6.45) is 3.53. The summed E-state index contributed by atoms with van der Waals surface area (Å²) in [5.74, 6) is 0.561. The van der Waals surface area contributed by atoms with Crippen LogP contribution in [0.3, 0.4) is 0 Å². The van der Waals surface area contributed by atoms with Crippen LogP contribution in [-0.2, 0) is 5.54 Å². The molecule has 2 aromatic carbocycles. The van der Waals surface area contributed by atoms with E-state index in [-0.39, 0.29) is 11.4 Å². The van der Waals surface area contributed by atoms with Crippen molar-refractivity contribution in [3.63, 3.8) is 0 Å². The quantitative estimate of drug-likeness (QED) is 0.769. The van der Waals surface area contributed by atoms with Gasteiger partial charge in [-0.1, -0.05) is 29.5 Å². The van der Waals surface area contributed by atoms with Crippen molar-refractivity contribution in [3.05, 3.63) is 71.5 Å². The van der Waals surface area contributed by atoms with E-state index in [4.69, 9.17) is 4.74 Å². The average molecular weight is 348 g/mol. The Morgan fingerprint density at radius 2 is 1.88 bits per heavy atom. The van der Waals surface area contributed by atoms with Crippen molar-refractivity contribution in [2.75, 3.05) is 7.11 Å². The first-order valence-electron chi connectivity index (χ1n) is 8.57. The molecule has 1 aromatic heterocycles. The van der Waals surface area contributed by atoms with Crippen LogP contribution in [0.15, 0.2) is 54.7 Å². The summed E-state index contributed by atoms with van der Waals surface area (Å²) in [6.45, 7) is 2.07. The maximum atomic E-state index is 12.7. The van der Waals surface area contributed by atoms with E-state index in [1.165, 1.54) is 11.1 Å². The molecule has 0 aliphatic heterocycles. The number of carbonyl (C=O) groups is 1. The van der Waals surface area contributed by atoms with Crippen LogP contribution in [0.25, 0.3) is 5.69 Å². The summed E-state index contributed by atoms with van der Waals surface area (Å²) in [7, 11) is 1.62. The maximum Gasteiger partial charge on any atom is 0.274 e. The van der Waals surface area contributed by atoms with Crippen LogP contribution in [0.2, 0.25) is 0 Å². The van der Waals surface area contributed by atoms with Gasteiger partial charge in [0.1, 0.15) is 5.75 Å². The number of nitrogens with zero attached hydrogens (tertiary/aromatic N) is 3. The van der Waals surface area contributed by atoms with E-state index < -0.39 is 0 Å². The molecule has 0 saturated heterocycles. The van der Waals surface area contributed by atoms with Gasteiger partial charge in [0.2, 0.25) is 0 Å². The number of rotatable bonds is 5. The number of aryl methyl sites for hydroxylation is 1. The minimum atomic E-state index is -0.272. The molecule has 0 spiro atoms. The number of hydrogen-bond donors (Lipinski definition) is 1. The lowest BCUT2D eigenvalue weighted by atomic mass is 9.99. The Morgan fingerprint density at radius 3 is 2.54 bits per heavy atom. The Labute approximate surface area is 151 Å². The molecule has 1 aliphatic rings. The molecular formula is C20H20N4O2. The van der Waals surface area contributed by atoms with Crippen molar-refractivity contribution in [2.24, 2.45) is 0 Å². The summed E-state index contributed by atoms with van der Waals surface area (Å²) < 4.78 is 6.74. The fourth-order valence-corrected chi connectivity index (χ4v) is 3.21. The molecule has 26 heavy (non-hydrogen) atoms. The Kier molecular flexibility index (Phi) is 3.95. The zero-order valence-electron chi connectivity index (χ0n) is 14.8. The van der Waals surface area contributed by atoms with Gasteiger partial charge in [-0.25, -0.2) is 4.68 Å². The van der Waals surface area contributed by atoms with E-state index >= 15 is 0 Å². The second-order valence-corrected chi connectivity index (χ2v) is 6.60. The zero-order valence-corrected chi connectivity index (χ0v) is 14.8. The second kappa shape index (κ2) is 6.29. The van der Waals surface area contributed by atoms with Gasteiger partial charge in [-0.3, -0.25) is 4.79 Å². The van der Waals surface area contributed by atoms with E-state index in [2.05, 4.69) is 34.7 Å². The van der Waals surface area contributed by atoms with Gasteiger partial charge in [0.05, 0.1) is 24.5 Å². The van der Waals surface area contributed by atoms with Crippen LogP contribution in [-0.4, -0.2) is 28.0 Å². The molecule has 6 nitrogen and oxygen atoms in total. The lowest BCUT2D eigenvalue weighted by Crippen LogP contribution is -2.35. The lowest BCUT2D eigenvalue weighted by Gasteiger charge is -2.19. The van der Waals surface area contributed by atoms with Crippen LogP contribution in [0.4, 0.5) is 0 Å². The minimum absolute atomic E-state index is 0.203. The number of hydrogen-bond acceptors (Lipinski definition) is 4. The Bertz CT molecular complexity index is 942. The van der Waals surface area contributed by atoms with Crippen molar-refractivity contribution in [1.82, 2.24) is 20.3 Å². The summed E-state index contributed by atoms with van der Waals surface area (Å²) in [5.41, 5.74) is 3.22. The van der Waals surface area contributed by atoms with Gasteiger partial charge in [0.15, 0.2) is 5.69 Å². The standard InChI is InChI=1S/C20H20N4O2/c1-14-5-3-4-6-17(14)20(11-12-20)21-19(25)18-13-24(23-22-18)15-7-9-16(26-2)10-8-15/h3-10,13H,11-12H2,1-2H3,(H,21,25). The number of methoxy groups -OCH3 is 1. The molecule has 132 valence electrons. The van der Waals surface area contributed by atoms with Crippen molar-refractivity contribution in [2.45, 2.75) is 25.3 Å². The first kappa shape index (κ1) is 16.3. The zero-order chi connectivity index (χ0) is 18.1. The SMILES string of the molecule is COc1ccc(-n2cc(C(=O)NC3(c4ccccc4C)CC3)nn2)cc1. The third-order valence-electron chi connectivity index (χ3n) is 4.83. The van der Waals surface area contributed by atoms with Crippen LogP contribution in [0.1, 0.15) is 34.5 Å². The largest absolute Gasteiger partial charge is 0.497 e. The van der Waals surface area contributed by atoms with Crippen molar-refractivity contribution in [1.29, 1.82) is 0 Å². The van der Waals surface area contributed by atoms with Crippen LogP contribution >= 0.6 is 0 Å². The highest BCUT2D eigenvalue weighted by Crippen LogP contribution is 2.46. The highest BCUT2D eigenvalue weighted by atomic mass is 16.5. The summed E-state index contributed by atoms with van der Waals surface area (Å²) >= 11 is 0. The predicted octanol–water partition coefficient (Wildman–Crippen LogP) is 3.00. The number of carbonyl (C=O) groups excluding carboxylic acids is 1. The number of aromatic nitrogens is 3. The van der Waals surface area contributed by atoms with Crippen LogP contribution < -0.4 is 10.1 Å². The number of ether oxygens (including phenoxy) is 1. The smallest absolute Gasteiger partial charge is 0.274 e. The van der Waals surface area contributed by atoms with E-state index in [1.54, 1.807) is 18.0 Å². The van der Waals surface area contributed by atoms with E-state index in [0.29, 0.717) is 5.69 Å². The first-order valence-corrected chi connectivity index (χ1v) is 8.57. The highest BCUT2D eigenvalue weighted by Gasteiger charge is 2.46. The molecule has 1 amide bonds. The first-order chi connectivity index (χ1) is 12.6. The highest BCUT2D eigenvalue weighted by molar-refractivity contribution is 5.93. The molecule has 0 atom stereocenters. The van der Waals surface area contributed by atoms with E-state index in [0.717, 1.165) is 24.3 Å². The van der Waals surface area contributed by atoms with Gasteiger partial charge in [-0.2, -0.15) is 0 Å². The maximum absolute atomic E-state index is 12.7. The predicted molar refractivity (Wildman–Crippen MR) is 97.5 cm³/mol. The number of nitrogens with one attached hydrogen (secondary N) is 1. The van der Waals surface area contributed by atoms with Gasteiger partial charge in [-0.05, 0) is 55.2 Å². The fourth-order valence-electron chi connectivity index (χ4n) is 3.21. The Hall–Kier alpha value is -3.15. The van der Waals surface area contributed by atoms with Gasteiger partial charge >= 0.3 is 0 Å². The molecule has 3 aromatic rings. The lowest BCUT2D eigenvalue weighted by molar-refractivity contribution is 0.0925. The summed E-state index contributed by atoms with van der Waals surface area (Å²) in [6, 6.07) is 15.6. The topological polar surface area (TPSA) is 69.0 Å². The average Bonchev–Trinajstić information content (AvgIpc) is 3.26. The van der Waals surface area contributed by atoms with Crippen molar-refractivity contribution < 1.29 is 9.53 Å². The third-order valence-corrected chi connectivity index (χ3v) is 4.83. The van der Waals surface area contributed by atoms with Crippen molar-refractivity contribution in [3.8, 4) is 11.4 Å². The molecule has 0 unspecified atom stereocenters. The normalized spacial score (nSPS) is 14.7. The summed E-state index contributed by atoms with van der Waals surface area (Å²) in [4.78, 5) is 12.7. The minimum Gasteiger partial charge on any atom is -0.497 e. The molecule has 1 fully saturated rings. The monoisotopic (exact) mass is 348 g/mol. The van der Waals surface area contributed by atoms with Gasteiger partial charge < -0.3 is 10.1 Å². The Balaban J connectivity index is 1.53. The second-order valence-electron chi connectivity index (χ2n) is 6.60. The molecule has 4 rings (SSSR count). The molecule has 1 N–H and O–H groups in total. The molecule has 1 heterocycles. The molecular weight excluding hydrogens is 328 g/mol. The number of amides is 1. The molecule has 6 heteroatoms. The van der Waals surface area contributed by atoms with Crippen LogP contribution in [0, 0.1) is 6.92 Å². The fraction of sp³-hybridized carbons (Fsp3) is 0.250. The molecule has 1 aliphatic carbocycles.